The van der Waals surface area contributed by atoms with Gasteiger partial charge >= 0.3 is 6.09 Å². The number of carbonyl (C=O) groups is 3. The highest BCUT2D eigenvalue weighted by Gasteiger charge is 2.25. The number of carbonyl (C=O) groups excluding carboxylic acids is 3. The number of nitrogens with one attached hydrogen (secondary N) is 2. The summed E-state index contributed by atoms with van der Waals surface area (Å²) < 4.78 is 35.6. The van der Waals surface area contributed by atoms with Crippen LogP contribution in [0.3, 0.4) is 0 Å². The van der Waals surface area contributed by atoms with Gasteiger partial charge in [0.25, 0.3) is 5.91 Å². The SMILES string of the molecule is CC(C)NC(=O)CN(Cc1cccc(Nc2sc(-c3c(F)cc(C(C)(C)O)cc3F)cc2C(N)=O)n1)C(=O)OCc1ccccc1. The fraction of sp³-hybridized carbons (Fsp3) is 0.273. The second-order valence-electron chi connectivity index (χ2n) is 11.3. The van der Waals surface area contributed by atoms with Gasteiger partial charge in [-0.15, -0.1) is 11.3 Å². The largest absolute Gasteiger partial charge is 0.445 e. The maximum Gasteiger partial charge on any atom is 0.410 e. The summed E-state index contributed by atoms with van der Waals surface area (Å²) in [5.74, 6) is -2.80. The van der Waals surface area contributed by atoms with Gasteiger partial charge in [0.1, 0.15) is 35.6 Å². The van der Waals surface area contributed by atoms with Crippen molar-refractivity contribution in [2.45, 2.75) is 52.5 Å². The van der Waals surface area contributed by atoms with Crippen molar-refractivity contribution in [1.82, 2.24) is 15.2 Å². The molecule has 0 aliphatic rings. The third kappa shape index (κ3) is 8.86. The zero-order valence-corrected chi connectivity index (χ0v) is 26.6. The minimum absolute atomic E-state index is 0.00920. The second kappa shape index (κ2) is 14.5. The molecule has 2 heterocycles. The molecule has 242 valence electrons. The van der Waals surface area contributed by atoms with E-state index in [9.17, 15) is 19.5 Å². The third-order valence-electron chi connectivity index (χ3n) is 6.64. The van der Waals surface area contributed by atoms with Gasteiger partial charge < -0.3 is 26.2 Å². The summed E-state index contributed by atoms with van der Waals surface area (Å²) in [5, 5.41) is 16.1. The van der Waals surface area contributed by atoms with Gasteiger partial charge in [0, 0.05) is 10.9 Å². The molecule has 46 heavy (non-hydrogen) atoms. The van der Waals surface area contributed by atoms with Gasteiger partial charge in [-0.2, -0.15) is 0 Å². The van der Waals surface area contributed by atoms with Crippen molar-refractivity contribution >= 4 is 40.1 Å². The van der Waals surface area contributed by atoms with E-state index in [4.69, 9.17) is 10.5 Å². The van der Waals surface area contributed by atoms with E-state index in [-0.39, 0.29) is 64.0 Å². The van der Waals surface area contributed by atoms with Crippen LogP contribution in [0, 0.1) is 11.6 Å². The van der Waals surface area contributed by atoms with Gasteiger partial charge in [-0.25, -0.2) is 18.6 Å². The summed E-state index contributed by atoms with van der Waals surface area (Å²) in [6.45, 7) is 6.06. The normalized spacial score (nSPS) is 11.3. The summed E-state index contributed by atoms with van der Waals surface area (Å²) in [5.41, 5.74) is 4.94. The fourth-order valence-electron chi connectivity index (χ4n) is 4.44. The third-order valence-corrected chi connectivity index (χ3v) is 7.71. The number of nitrogens with zero attached hydrogens (tertiary/aromatic N) is 2. The van der Waals surface area contributed by atoms with E-state index in [1.54, 1.807) is 32.0 Å². The lowest BCUT2D eigenvalue weighted by Gasteiger charge is -2.22. The number of aliphatic hydroxyl groups is 1. The number of primary amides is 1. The number of halogens is 2. The van der Waals surface area contributed by atoms with Crippen LogP contribution in [-0.4, -0.2) is 45.5 Å². The lowest BCUT2D eigenvalue weighted by Crippen LogP contribution is -2.42. The first kappa shape index (κ1) is 34.0. The minimum atomic E-state index is -1.47. The molecular weight excluding hydrogens is 616 g/mol. The van der Waals surface area contributed by atoms with Crippen LogP contribution in [0.15, 0.2) is 66.7 Å². The van der Waals surface area contributed by atoms with Gasteiger partial charge in [0.05, 0.1) is 29.0 Å². The van der Waals surface area contributed by atoms with E-state index in [1.165, 1.54) is 24.8 Å². The van der Waals surface area contributed by atoms with Gasteiger partial charge in [-0.1, -0.05) is 36.4 Å². The smallest absolute Gasteiger partial charge is 0.410 e. The fourth-order valence-corrected chi connectivity index (χ4v) is 5.56. The Bertz CT molecular complexity index is 1700. The monoisotopic (exact) mass is 651 g/mol. The number of thiophene rings is 1. The van der Waals surface area contributed by atoms with E-state index >= 15 is 8.78 Å². The molecule has 0 atom stereocenters. The second-order valence-corrected chi connectivity index (χ2v) is 12.4. The Morgan fingerprint density at radius 3 is 2.33 bits per heavy atom. The van der Waals surface area contributed by atoms with Crippen molar-refractivity contribution in [1.29, 1.82) is 0 Å². The molecule has 2 aromatic carbocycles. The molecule has 10 nitrogen and oxygen atoms in total. The number of hydrogen-bond donors (Lipinski definition) is 4. The number of rotatable bonds is 12. The summed E-state index contributed by atoms with van der Waals surface area (Å²) in [4.78, 5) is 43.8. The first-order valence-corrected chi connectivity index (χ1v) is 15.2. The van der Waals surface area contributed by atoms with Crippen LogP contribution in [0.25, 0.3) is 10.4 Å². The molecule has 0 fully saturated rings. The number of benzene rings is 2. The van der Waals surface area contributed by atoms with E-state index < -0.39 is 29.2 Å². The zero-order chi connectivity index (χ0) is 33.6. The molecule has 0 radical (unpaired) electrons. The molecule has 0 aliphatic heterocycles. The molecular formula is C33H35F2N5O5S. The maximum absolute atomic E-state index is 15.1. The van der Waals surface area contributed by atoms with Crippen molar-refractivity contribution in [2.24, 2.45) is 5.73 Å². The standard InChI is InChI=1S/C33H35F2N5O5S/c1-19(2)37-28(41)17-40(32(43)45-18-20-9-6-5-7-10-20)16-22-11-8-12-27(38-22)39-31-23(30(36)42)15-26(46-31)29-24(34)13-21(14-25(29)35)33(3,4)44/h5-15,19,44H,16-18H2,1-4H3,(H2,36,42)(H,37,41)(H,38,39). The molecule has 4 aromatic rings. The molecule has 5 N–H and O–H groups in total. The average molecular weight is 652 g/mol. The van der Waals surface area contributed by atoms with E-state index in [2.05, 4.69) is 15.6 Å². The number of hydrogen-bond acceptors (Lipinski definition) is 8. The van der Waals surface area contributed by atoms with E-state index in [0.29, 0.717) is 5.69 Å². The quantitative estimate of drug-likeness (QED) is 0.151. The van der Waals surface area contributed by atoms with Crippen molar-refractivity contribution in [3.8, 4) is 10.4 Å². The summed E-state index contributed by atoms with van der Waals surface area (Å²) >= 11 is 0.889. The maximum atomic E-state index is 15.1. The lowest BCUT2D eigenvalue weighted by atomic mass is 9.96. The predicted octanol–water partition coefficient (Wildman–Crippen LogP) is 5.82. The zero-order valence-electron chi connectivity index (χ0n) is 25.8. The molecule has 0 spiro atoms. The number of amides is 3. The number of anilines is 2. The van der Waals surface area contributed by atoms with Crippen LogP contribution in [0.1, 0.15) is 54.9 Å². The van der Waals surface area contributed by atoms with Crippen LogP contribution in [-0.2, 0) is 28.3 Å². The first-order chi connectivity index (χ1) is 21.7. The van der Waals surface area contributed by atoms with Crippen molar-refractivity contribution in [3.05, 3.63) is 101 Å². The van der Waals surface area contributed by atoms with Gasteiger partial charge in [0.2, 0.25) is 5.91 Å². The Labute approximate surface area is 269 Å². The predicted molar refractivity (Wildman–Crippen MR) is 171 cm³/mol. The summed E-state index contributed by atoms with van der Waals surface area (Å²) in [6, 6.07) is 17.2. The number of aromatic nitrogens is 1. The van der Waals surface area contributed by atoms with Crippen LogP contribution in [0.4, 0.5) is 24.4 Å². The number of pyridine rings is 1. The Kier molecular flexibility index (Phi) is 10.7. The van der Waals surface area contributed by atoms with Crippen molar-refractivity contribution in [2.75, 3.05) is 11.9 Å². The van der Waals surface area contributed by atoms with Gasteiger partial charge in [0.15, 0.2) is 0 Å². The Balaban J connectivity index is 1.58. The van der Waals surface area contributed by atoms with Crippen molar-refractivity contribution in [3.63, 3.8) is 0 Å². The van der Waals surface area contributed by atoms with Crippen LogP contribution < -0.4 is 16.4 Å². The van der Waals surface area contributed by atoms with E-state index in [1.807, 2.05) is 30.3 Å². The highest BCUT2D eigenvalue weighted by molar-refractivity contribution is 7.20. The van der Waals surface area contributed by atoms with Crippen LogP contribution >= 0.6 is 11.3 Å². The first-order valence-electron chi connectivity index (χ1n) is 14.3. The molecule has 0 bridgehead atoms. The molecule has 0 aliphatic carbocycles. The number of ether oxygens (including phenoxy) is 1. The Morgan fingerprint density at radius 1 is 1.04 bits per heavy atom. The van der Waals surface area contributed by atoms with Gasteiger partial charge in [-0.3, -0.25) is 14.5 Å². The molecule has 2 aromatic heterocycles. The molecule has 13 heteroatoms. The van der Waals surface area contributed by atoms with Crippen molar-refractivity contribution < 1.29 is 33.0 Å². The summed E-state index contributed by atoms with van der Waals surface area (Å²) in [6.07, 6.45) is -0.721. The highest BCUT2D eigenvalue weighted by atomic mass is 32.1. The topological polar surface area (TPSA) is 147 Å². The number of nitrogens with two attached hydrogens (primary N) is 1. The lowest BCUT2D eigenvalue weighted by molar-refractivity contribution is -0.122. The Morgan fingerprint density at radius 2 is 1.72 bits per heavy atom. The highest BCUT2D eigenvalue weighted by Crippen LogP contribution is 2.40. The van der Waals surface area contributed by atoms with Crippen LogP contribution in [0.2, 0.25) is 0 Å². The molecule has 3 amide bonds. The minimum Gasteiger partial charge on any atom is -0.445 e. The summed E-state index contributed by atoms with van der Waals surface area (Å²) in [7, 11) is 0. The van der Waals surface area contributed by atoms with Crippen LogP contribution in [0.5, 0.6) is 0 Å². The molecule has 0 saturated heterocycles. The molecule has 0 saturated carbocycles. The molecule has 4 rings (SSSR count). The van der Waals surface area contributed by atoms with Gasteiger partial charge in [-0.05, 0) is 69.2 Å². The average Bonchev–Trinajstić information content (AvgIpc) is 3.38. The Hall–Kier alpha value is -4.88. The molecule has 0 unspecified atom stereocenters. The van der Waals surface area contributed by atoms with E-state index in [0.717, 1.165) is 29.0 Å².